The van der Waals surface area contributed by atoms with E-state index < -0.39 is 60.6 Å². The van der Waals surface area contributed by atoms with E-state index in [0.29, 0.717) is 32.1 Å². The van der Waals surface area contributed by atoms with Gasteiger partial charge in [-0.3, -0.25) is 19.2 Å². The van der Waals surface area contributed by atoms with E-state index in [1.165, 1.54) is 11.8 Å². The third kappa shape index (κ3) is 10.9. The minimum Gasteiger partial charge on any atom is -0.481 e. The van der Waals surface area contributed by atoms with Crippen molar-refractivity contribution in [1.29, 1.82) is 0 Å². The highest BCUT2D eigenvalue weighted by Crippen LogP contribution is 2.27. The first kappa shape index (κ1) is 32.7. The molecule has 2 rings (SSSR count). The molecule has 0 saturated carbocycles. The summed E-state index contributed by atoms with van der Waals surface area (Å²) in [5.74, 6) is -3.38. The number of hydrogen-bond donors (Lipinski definition) is 1. The monoisotopic (exact) mass is 588 g/mol. The van der Waals surface area contributed by atoms with Crippen LogP contribution in [0.1, 0.15) is 47.5 Å². The second-order valence-electron chi connectivity index (χ2n) is 9.84. The maximum absolute atomic E-state index is 13.1. The number of morpholine rings is 1. The van der Waals surface area contributed by atoms with E-state index in [0.717, 1.165) is 18.7 Å². The molecule has 1 aliphatic rings. The maximum atomic E-state index is 13.1. The molecule has 1 amide bonds. The predicted molar refractivity (Wildman–Crippen MR) is 139 cm³/mol. The Balaban J connectivity index is 2.17. The van der Waals surface area contributed by atoms with Crippen LogP contribution in [0.15, 0.2) is 0 Å². The Kier molecular flexibility index (Phi) is 12.5. The highest BCUT2D eigenvalue weighted by atomic mass is 32.1. The lowest BCUT2D eigenvalue weighted by Crippen LogP contribution is -2.52. The third-order valence-electron chi connectivity index (χ3n) is 5.51. The lowest BCUT2D eigenvalue weighted by atomic mass is 10.1. The molecule has 1 aromatic heterocycles. The SMILES string of the molecule is CC(=O)O[C@@H](C)C(=O)O[C@H](COc1nsnc1N1CCOCC1)CN(C(=O)COC(=O)CCC(=O)O)C(C)(C)C. The van der Waals surface area contributed by atoms with Gasteiger partial charge in [-0.25, -0.2) is 4.79 Å². The highest BCUT2D eigenvalue weighted by molar-refractivity contribution is 6.99. The molecule has 0 aromatic carbocycles. The van der Waals surface area contributed by atoms with Gasteiger partial charge in [0.05, 0.1) is 44.3 Å². The molecular formula is C24H36N4O11S. The molecule has 1 N–H and O–H groups in total. The van der Waals surface area contributed by atoms with E-state index >= 15 is 0 Å². The number of carboxylic acid groups (broad SMARTS) is 1. The number of carbonyl (C=O) groups is 5. The maximum Gasteiger partial charge on any atom is 0.347 e. The Morgan fingerprint density at radius 3 is 2.38 bits per heavy atom. The van der Waals surface area contributed by atoms with Gasteiger partial charge in [0.2, 0.25) is 5.82 Å². The number of aliphatic carboxylic acids is 1. The largest absolute Gasteiger partial charge is 0.481 e. The number of esters is 3. The number of hydrogen-bond acceptors (Lipinski definition) is 14. The van der Waals surface area contributed by atoms with E-state index in [9.17, 15) is 24.0 Å². The van der Waals surface area contributed by atoms with Crippen LogP contribution in [-0.2, 0) is 42.9 Å². The molecular weight excluding hydrogens is 552 g/mol. The number of nitrogens with zero attached hydrogens (tertiary/aromatic N) is 4. The van der Waals surface area contributed by atoms with Crippen LogP contribution in [0.5, 0.6) is 5.88 Å². The van der Waals surface area contributed by atoms with Gasteiger partial charge in [0.15, 0.2) is 18.8 Å². The van der Waals surface area contributed by atoms with E-state index in [-0.39, 0.29) is 25.5 Å². The summed E-state index contributed by atoms with van der Waals surface area (Å²) < 4.78 is 35.2. The van der Waals surface area contributed by atoms with Crippen molar-refractivity contribution >= 4 is 47.3 Å². The van der Waals surface area contributed by atoms with Gasteiger partial charge < -0.3 is 38.6 Å². The molecule has 2 heterocycles. The normalized spacial score (nSPS) is 15.0. The van der Waals surface area contributed by atoms with Crippen molar-refractivity contribution in [2.45, 2.75) is 65.2 Å². The van der Waals surface area contributed by atoms with Crippen molar-refractivity contribution in [3.63, 3.8) is 0 Å². The molecule has 0 aliphatic carbocycles. The molecule has 224 valence electrons. The van der Waals surface area contributed by atoms with Crippen LogP contribution in [0.4, 0.5) is 5.82 Å². The van der Waals surface area contributed by atoms with Crippen LogP contribution in [0.25, 0.3) is 0 Å². The summed E-state index contributed by atoms with van der Waals surface area (Å²) >= 11 is 0.953. The van der Waals surface area contributed by atoms with Crippen LogP contribution in [0.2, 0.25) is 0 Å². The smallest absolute Gasteiger partial charge is 0.347 e. The van der Waals surface area contributed by atoms with Gasteiger partial charge in [0.25, 0.3) is 11.8 Å². The lowest BCUT2D eigenvalue weighted by Gasteiger charge is -2.37. The Morgan fingerprint density at radius 1 is 1.10 bits per heavy atom. The summed E-state index contributed by atoms with van der Waals surface area (Å²) in [6, 6.07) is 0. The quantitative estimate of drug-likeness (QED) is 0.236. The lowest BCUT2D eigenvalue weighted by molar-refractivity contribution is -0.172. The van der Waals surface area contributed by atoms with E-state index in [2.05, 4.69) is 8.75 Å². The van der Waals surface area contributed by atoms with Gasteiger partial charge >= 0.3 is 23.9 Å². The molecule has 1 saturated heterocycles. The number of carbonyl (C=O) groups excluding carboxylic acids is 4. The summed E-state index contributed by atoms with van der Waals surface area (Å²) in [7, 11) is 0. The molecule has 15 nitrogen and oxygen atoms in total. The zero-order valence-corrected chi connectivity index (χ0v) is 24.1. The zero-order valence-electron chi connectivity index (χ0n) is 23.2. The zero-order chi connectivity index (χ0) is 29.9. The summed E-state index contributed by atoms with van der Waals surface area (Å²) in [5.41, 5.74) is -0.808. The number of carboxylic acids is 1. The number of ether oxygens (including phenoxy) is 5. The minimum atomic E-state index is -1.21. The predicted octanol–water partition coefficient (Wildman–Crippen LogP) is 0.652. The molecule has 1 aromatic rings. The van der Waals surface area contributed by atoms with Gasteiger partial charge in [-0.05, 0) is 27.7 Å². The Bertz CT molecular complexity index is 1040. The first-order chi connectivity index (χ1) is 18.8. The minimum absolute atomic E-state index is 0.169. The average Bonchev–Trinajstić information content (AvgIpc) is 3.35. The van der Waals surface area contributed by atoms with Gasteiger partial charge in [0.1, 0.15) is 6.61 Å². The van der Waals surface area contributed by atoms with Crippen molar-refractivity contribution in [3.05, 3.63) is 0 Å². The van der Waals surface area contributed by atoms with Crippen molar-refractivity contribution in [1.82, 2.24) is 13.6 Å². The molecule has 0 spiro atoms. The molecule has 1 fully saturated rings. The molecule has 0 radical (unpaired) electrons. The molecule has 0 bridgehead atoms. The average molecular weight is 589 g/mol. The van der Waals surface area contributed by atoms with Crippen molar-refractivity contribution in [2.75, 3.05) is 51.0 Å². The number of anilines is 1. The Morgan fingerprint density at radius 2 is 1.77 bits per heavy atom. The van der Waals surface area contributed by atoms with E-state index in [4.69, 9.17) is 28.8 Å². The molecule has 2 atom stereocenters. The van der Waals surface area contributed by atoms with Gasteiger partial charge in [0, 0.05) is 25.6 Å². The van der Waals surface area contributed by atoms with Gasteiger partial charge in [-0.1, -0.05) is 0 Å². The molecule has 0 unspecified atom stereocenters. The topological polar surface area (TPSA) is 184 Å². The molecule has 1 aliphatic heterocycles. The fourth-order valence-corrected chi connectivity index (χ4v) is 4.06. The fraction of sp³-hybridized carbons (Fsp3) is 0.708. The number of aromatic nitrogens is 2. The third-order valence-corrected chi connectivity index (χ3v) is 6.02. The second-order valence-corrected chi connectivity index (χ2v) is 10.4. The van der Waals surface area contributed by atoms with E-state index in [1.807, 2.05) is 4.90 Å². The summed E-state index contributed by atoms with van der Waals surface area (Å²) in [6.45, 7) is 8.92. The van der Waals surface area contributed by atoms with Crippen molar-refractivity contribution in [3.8, 4) is 5.88 Å². The molecule has 40 heavy (non-hydrogen) atoms. The second kappa shape index (κ2) is 15.3. The van der Waals surface area contributed by atoms with Crippen LogP contribution >= 0.6 is 11.7 Å². The van der Waals surface area contributed by atoms with Gasteiger partial charge in [-0.2, -0.15) is 4.37 Å². The highest BCUT2D eigenvalue weighted by Gasteiger charge is 2.33. The molecule has 16 heteroatoms. The Hall–Kier alpha value is -3.53. The van der Waals surface area contributed by atoms with Crippen LogP contribution < -0.4 is 9.64 Å². The first-order valence-corrected chi connectivity index (χ1v) is 13.3. The van der Waals surface area contributed by atoms with Crippen LogP contribution in [0, 0.1) is 0 Å². The first-order valence-electron chi connectivity index (χ1n) is 12.6. The standard InChI is InChI=1S/C24H36N4O11S/c1-15(38-16(2)29)23(34)39-17(13-37-22-21(25-40-26-22)27-8-10-35-11-9-27)12-28(24(3,4)5)18(30)14-36-20(33)7-6-19(31)32/h15,17H,6-14H2,1-5H3,(H,31,32)/t15-,17-/m0/s1. The van der Waals surface area contributed by atoms with Crippen molar-refractivity contribution < 1.29 is 52.8 Å². The van der Waals surface area contributed by atoms with Gasteiger partial charge in [-0.15, -0.1) is 4.37 Å². The number of amides is 1. The van der Waals surface area contributed by atoms with E-state index in [1.54, 1.807) is 20.8 Å². The summed E-state index contributed by atoms with van der Waals surface area (Å²) in [4.78, 5) is 62.9. The van der Waals surface area contributed by atoms with Crippen molar-refractivity contribution in [2.24, 2.45) is 0 Å². The fourth-order valence-electron chi connectivity index (χ4n) is 3.54. The Labute approximate surface area is 236 Å². The summed E-state index contributed by atoms with van der Waals surface area (Å²) in [6.07, 6.45) is -3.06. The van der Waals surface area contributed by atoms with Crippen LogP contribution in [0.3, 0.4) is 0 Å². The van der Waals surface area contributed by atoms with Crippen LogP contribution in [-0.4, -0.2) is 112 Å². The summed E-state index contributed by atoms with van der Waals surface area (Å²) in [5, 5.41) is 8.72. The number of rotatable bonds is 14.